The molecule has 0 saturated carbocycles. The van der Waals surface area contributed by atoms with Crippen molar-refractivity contribution in [3.05, 3.63) is 47.5 Å². The Morgan fingerprint density at radius 3 is 2.00 bits per heavy atom. The van der Waals surface area contributed by atoms with E-state index < -0.39 is 9.84 Å². The summed E-state index contributed by atoms with van der Waals surface area (Å²) in [5.41, 5.74) is 1.85. The van der Waals surface area contributed by atoms with Crippen LogP contribution < -0.4 is 24.8 Å². The van der Waals surface area contributed by atoms with Crippen LogP contribution in [0.25, 0.3) is 0 Å². The smallest absolute Gasteiger partial charge is 0.203 e. The van der Waals surface area contributed by atoms with Crippen LogP contribution in [0.5, 0.6) is 17.2 Å². The van der Waals surface area contributed by atoms with E-state index in [1.54, 1.807) is 45.6 Å². The van der Waals surface area contributed by atoms with Gasteiger partial charge in [-0.1, -0.05) is 12.1 Å². The summed E-state index contributed by atoms with van der Waals surface area (Å²) in [4.78, 5) is 4.91. The summed E-state index contributed by atoms with van der Waals surface area (Å²) in [5, 5.41) is 6.44. The highest BCUT2D eigenvalue weighted by atomic mass is 32.2. The molecule has 164 valence electrons. The first-order valence-corrected chi connectivity index (χ1v) is 11.3. The molecule has 0 spiro atoms. The Morgan fingerprint density at radius 2 is 1.53 bits per heavy atom. The Bertz CT molecular complexity index is 948. The molecular formula is C21H29N3O5S. The third-order valence-corrected chi connectivity index (χ3v) is 5.43. The van der Waals surface area contributed by atoms with Crippen LogP contribution in [0.4, 0.5) is 0 Å². The zero-order valence-electron chi connectivity index (χ0n) is 18.0. The van der Waals surface area contributed by atoms with Gasteiger partial charge in [0, 0.05) is 19.3 Å². The Morgan fingerprint density at radius 1 is 0.933 bits per heavy atom. The van der Waals surface area contributed by atoms with Gasteiger partial charge >= 0.3 is 0 Å². The summed E-state index contributed by atoms with van der Waals surface area (Å²) < 4.78 is 39.3. The first-order chi connectivity index (χ1) is 14.3. The molecule has 0 radical (unpaired) electrons. The molecule has 0 atom stereocenters. The molecule has 0 aromatic heterocycles. The molecule has 2 aromatic rings. The zero-order chi connectivity index (χ0) is 22.1. The SMILES string of the molecule is CCNC(=NCc1cc(OC)c(OC)c(OC)c1)NCc1ccc(S(C)(=O)=O)cc1. The second-order valence-corrected chi connectivity index (χ2v) is 8.51. The first kappa shape index (κ1) is 23.3. The topological polar surface area (TPSA) is 98.2 Å². The molecule has 0 unspecified atom stereocenters. The average Bonchev–Trinajstić information content (AvgIpc) is 2.74. The highest BCUT2D eigenvalue weighted by Crippen LogP contribution is 2.38. The van der Waals surface area contributed by atoms with Crippen LogP contribution in [0.1, 0.15) is 18.1 Å². The van der Waals surface area contributed by atoms with E-state index in [2.05, 4.69) is 15.6 Å². The van der Waals surface area contributed by atoms with Gasteiger partial charge in [-0.15, -0.1) is 0 Å². The number of sulfone groups is 1. The van der Waals surface area contributed by atoms with E-state index in [1.807, 2.05) is 19.1 Å². The maximum absolute atomic E-state index is 11.6. The molecule has 0 saturated heterocycles. The molecule has 30 heavy (non-hydrogen) atoms. The van der Waals surface area contributed by atoms with Gasteiger partial charge in [0.05, 0.1) is 32.8 Å². The van der Waals surface area contributed by atoms with Gasteiger partial charge in [0.15, 0.2) is 27.3 Å². The predicted octanol–water partition coefficient (Wildman–Crippen LogP) is 2.37. The standard InChI is InChI=1S/C21H29N3O5S/c1-6-22-21(23-13-15-7-9-17(10-8-15)30(5,25)26)24-14-16-11-18(27-2)20(29-4)19(12-16)28-3/h7-12H,6,13-14H2,1-5H3,(H2,22,23,24). The van der Waals surface area contributed by atoms with Gasteiger partial charge in [-0.2, -0.15) is 0 Å². The number of hydrogen-bond donors (Lipinski definition) is 2. The number of nitrogens with one attached hydrogen (secondary N) is 2. The molecule has 2 N–H and O–H groups in total. The lowest BCUT2D eigenvalue weighted by molar-refractivity contribution is 0.324. The minimum atomic E-state index is -3.20. The number of ether oxygens (including phenoxy) is 3. The largest absolute Gasteiger partial charge is 0.493 e. The van der Waals surface area contributed by atoms with Crippen LogP contribution in [-0.2, 0) is 22.9 Å². The van der Waals surface area contributed by atoms with E-state index in [4.69, 9.17) is 14.2 Å². The molecule has 0 amide bonds. The van der Waals surface area contributed by atoms with Gasteiger partial charge in [0.2, 0.25) is 5.75 Å². The van der Waals surface area contributed by atoms with Crippen molar-refractivity contribution in [2.45, 2.75) is 24.9 Å². The summed E-state index contributed by atoms with van der Waals surface area (Å²) in [5.74, 6) is 2.32. The van der Waals surface area contributed by atoms with Crippen molar-refractivity contribution in [3.63, 3.8) is 0 Å². The van der Waals surface area contributed by atoms with Crippen LogP contribution in [0.3, 0.4) is 0 Å². The first-order valence-electron chi connectivity index (χ1n) is 9.42. The summed E-state index contributed by atoms with van der Waals surface area (Å²) in [7, 11) is 1.51. The second-order valence-electron chi connectivity index (χ2n) is 6.50. The molecule has 0 heterocycles. The van der Waals surface area contributed by atoms with Crippen molar-refractivity contribution in [1.29, 1.82) is 0 Å². The van der Waals surface area contributed by atoms with Gasteiger partial charge in [0.1, 0.15) is 0 Å². The van der Waals surface area contributed by atoms with E-state index in [1.165, 1.54) is 6.26 Å². The molecule has 0 aliphatic carbocycles. The van der Waals surface area contributed by atoms with Crippen LogP contribution in [0, 0.1) is 0 Å². The van der Waals surface area contributed by atoms with Gasteiger partial charge in [-0.3, -0.25) is 0 Å². The number of rotatable bonds is 9. The molecule has 0 fully saturated rings. The average molecular weight is 436 g/mol. The Hall–Kier alpha value is -2.94. The fourth-order valence-electron chi connectivity index (χ4n) is 2.78. The third-order valence-electron chi connectivity index (χ3n) is 4.30. The number of methoxy groups -OCH3 is 3. The number of aliphatic imine (C=N–C) groups is 1. The van der Waals surface area contributed by atoms with E-state index >= 15 is 0 Å². The van der Waals surface area contributed by atoms with Gasteiger partial charge in [-0.05, 0) is 42.3 Å². The van der Waals surface area contributed by atoms with Crippen molar-refractivity contribution < 1.29 is 22.6 Å². The Balaban J connectivity index is 2.12. The maximum atomic E-state index is 11.6. The summed E-state index contributed by atoms with van der Waals surface area (Å²) in [6.45, 7) is 3.59. The molecule has 2 rings (SSSR count). The normalized spacial score (nSPS) is 11.7. The van der Waals surface area contributed by atoms with E-state index in [0.29, 0.717) is 47.7 Å². The van der Waals surface area contributed by atoms with Crippen molar-refractivity contribution >= 4 is 15.8 Å². The van der Waals surface area contributed by atoms with Crippen LogP contribution in [0.2, 0.25) is 0 Å². The number of benzene rings is 2. The van der Waals surface area contributed by atoms with Crippen molar-refractivity contribution in [1.82, 2.24) is 10.6 Å². The third kappa shape index (κ3) is 6.28. The maximum Gasteiger partial charge on any atom is 0.203 e. The second kappa shape index (κ2) is 10.7. The lowest BCUT2D eigenvalue weighted by atomic mass is 10.2. The highest BCUT2D eigenvalue weighted by molar-refractivity contribution is 7.90. The van der Waals surface area contributed by atoms with Crippen LogP contribution in [-0.4, -0.2) is 48.5 Å². The van der Waals surface area contributed by atoms with Crippen LogP contribution >= 0.6 is 0 Å². The lowest BCUT2D eigenvalue weighted by Gasteiger charge is -2.14. The summed E-state index contributed by atoms with van der Waals surface area (Å²) >= 11 is 0. The molecule has 0 aliphatic heterocycles. The fraction of sp³-hybridized carbons (Fsp3) is 0.381. The predicted molar refractivity (Wildman–Crippen MR) is 117 cm³/mol. The van der Waals surface area contributed by atoms with Crippen molar-refractivity contribution in [2.24, 2.45) is 4.99 Å². The van der Waals surface area contributed by atoms with Gasteiger partial charge < -0.3 is 24.8 Å². The highest BCUT2D eigenvalue weighted by Gasteiger charge is 2.13. The number of hydrogen-bond acceptors (Lipinski definition) is 6. The summed E-state index contributed by atoms with van der Waals surface area (Å²) in [6, 6.07) is 10.5. The van der Waals surface area contributed by atoms with Crippen molar-refractivity contribution in [2.75, 3.05) is 34.1 Å². The van der Waals surface area contributed by atoms with Gasteiger partial charge in [0.25, 0.3) is 0 Å². The lowest BCUT2D eigenvalue weighted by Crippen LogP contribution is -2.36. The Kier molecular flexibility index (Phi) is 8.35. The van der Waals surface area contributed by atoms with Crippen LogP contribution in [0.15, 0.2) is 46.3 Å². The quantitative estimate of drug-likeness (QED) is 0.461. The number of guanidine groups is 1. The summed E-state index contributed by atoms with van der Waals surface area (Å²) in [6.07, 6.45) is 1.19. The monoisotopic (exact) mass is 435 g/mol. The van der Waals surface area contributed by atoms with E-state index in [9.17, 15) is 8.42 Å². The number of nitrogens with zero attached hydrogens (tertiary/aromatic N) is 1. The Labute approximate surface area is 178 Å². The zero-order valence-corrected chi connectivity index (χ0v) is 18.8. The minimum Gasteiger partial charge on any atom is -0.493 e. The van der Waals surface area contributed by atoms with E-state index in [0.717, 1.165) is 11.1 Å². The minimum absolute atomic E-state index is 0.300. The van der Waals surface area contributed by atoms with Crippen molar-refractivity contribution in [3.8, 4) is 17.2 Å². The molecular weight excluding hydrogens is 406 g/mol. The molecule has 0 bridgehead atoms. The molecule has 0 aliphatic rings. The van der Waals surface area contributed by atoms with Gasteiger partial charge in [-0.25, -0.2) is 13.4 Å². The molecule has 2 aromatic carbocycles. The molecule has 9 heteroatoms. The molecule has 8 nitrogen and oxygen atoms in total. The fourth-order valence-corrected chi connectivity index (χ4v) is 3.41. The van der Waals surface area contributed by atoms with E-state index in [-0.39, 0.29) is 0 Å².